The number of benzene rings is 2. The lowest BCUT2D eigenvalue weighted by Crippen LogP contribution is -2.19. The Balaban J connectivity index is 1.48. The molecule has 0 radical (unpaired) electrons. The number of hydrogen-bond acceptors (Lipinski definition) is 6. The summed E-state index contributed by atoms with van der Waals surface area (Å²) in [7, 11) is 1.57. The van der Waals surface area contributed by atoms with Crippen molar-refractivity contribution in [3.63, 3.8) is 0 Å². The number of nitrogens with one attached hydrogen (secondary N) is 3. The summed E-state index contributed by atoms with van der Waals surface area (Å²) in [6, 6.07) is 12.0. The van der Waals surface area contributed by atoms with Gasteiger partial charge in [-0.05, 0) is 49.2 Å². The number of ether oxygens (including phenoxy) is 1. The Labute approximate surface area is 189 Å². The van der Waals surface area contributed by atoms with Crippen molar-refractivity contribution >= 4 is 17.1 Å². The molecule has 1 fully saturated rings. The summed E-state index contributed by atoms with van der Waals surface area (Å²) in [5, 5.41) is 6.62. The first kappa shape index (κ1) is 21.1. The van der Waals surface area contributed by atoms with Gasteiger partial charge in [-0.2, -0.15) is 4.98 Å². The number of hydrogen-bond donors (Lipinski definition) is 3. The fourth-order valence-corrected chi connectivity index (χ4v) is 4.24. The summed E-state index contributed by atoms with van der Waals surface area (Å²) in [6.07, 6.45) is 2.73. The van der Waals surface area contributed by atoms with E-state index >= 15 is 0 Å². The number of nitrogens with zero attached hydrogens (tertiary/aromatic N) is 3. The van der Waals surface area contributed by atoms with E-state index in [1.165, 1.54) is 6.07 Å². The zero-order valence-electron chi connectivity index (χ0n) is 18.3. The molecule has 0 bridgehead atoms. The molecule has 1 aliphatic rings. The Kier molecular flexibility index (Phi) is 5.78. The summed E-state index contributed by atoms with van der Waals surface area (Å²) in [5.74, 6) is 1.31. The number of aromatic nitrogens is 4. The number of aromatic amines is 1. The van der Waals surface area contributed by atoms with Crippen LogP contribution in [0.1, 0.15) is 12.0 Å². The predicted octanol–water partition coefficient (Wildman–Crippen LogP) is 3.00. The topological polar surface area (TPSA) is 96.9 Å². The summed E-state index contributed by atoms with van der Waals surface area (Å²) < 4.78 is 21.4. The van der Waals surface area contributed by atoms with Crippen molar-refractivity contribution in [3.8, 4) is 16.9 Å². The lowest BCUT2D eigenvalue weighted by molar-refractivity contribution is 0.408. The fourth-order valence-electron chi connectivity index (χ4n) is 4.24. The van der Waals surface area contributed by atoms with Gasteiger partial charge < -0.3 is 20.4 Å². The lowest BCUT2D eigenvalue weighted by Gasteiger charge is -2.13. The number of methoxy groups -OCH3 is 1. The van der Waals surface area contributed by atoms with Gasteiger partial charge in [0, 0.05) is 17.7 Å². The van der Waals surface area contributed by atoms with Crippen LogP contribution >= 0.6 is 0 Å². The molecule has 0 spiro atoms. The van der Waals surface area contributed by atoms with Crippen molar-refractivity contribution in [1.82, 2.24) is 24.8 Å². The van der Waals surface area contributed by atoms with Crippen molar-refractivity contribution in [3.05, 3.63) is 70.5 Å². The fraction of sp³-hybridized carbons (Fsp3) is 0.292. The molecule has 9 heteroatoms. The van der Waals surface area contributed by atoms with Gasteiger partial charge in [0.15, 0.2) is 5.65 Å². The first-order valence-electron chi connectivity index (χ1n) is 10.9. The zero-order valence-corrected chi connectivity index (χ0v) is 18.3. The number of halogens is 1. The molecule has 3 N–H and O–H groups in total. The molecule has 2 aromatic heterocycles. The molecule has 1 saturated heterocycles. The van der Waals surface area contributed by atoms with E-state index in [1.807, 2.05) is 6.07 Å². The number of imidazole rings is 1. The van der Waals surface area contributed by atoms with Gasteiger partial charge in [0.25, 0.3) is 0 Å². The molecule has 33 heavy (non-hydrogen) atoms. The standard InChI is InChI=1S/C24H25FN6O2/c1-33-21-7-6-16(18-4-2-3-5-19(18)25)10-17(21)14-31-22-20(29-24(31)32)13-28-23(30-22)27-12-15-8-9-26-11-15/h2-7,10,13,15,26H,8-9,11-12,14H2,1H3,(H,29,32)(H,27,28,30)/t15-/m1/s1. The van der Waals surface area contributed by atoms with Crippen molar-refractivity contribution < 1.29 is 9.13 Å². The molecule has 0 aliphatic carbocycles. The van der Waals surface area contributed by atoms with Crippen LogP contribution in [0.3, 0.4) is 0 Å². The molecule has 3 heterocycles. The minimum atomic E-state index is -0.307. The number of H-pyrrole nitrogens is 1. The number of anilines is 1. The zero-order chi connectivity index (χ0) is 22.8. The van der Waals surface area contributed by atoms with Crippen LogP contribution in [0.15, 0.2) is 53.5 Å². The van der Waals surface area contributed by atoms with Crippen LogP contribution in [0.25, 0.3) is 22.3 Å². The highest BCUT2D eigenvalue weighted by Crippen LogP contribution is 2.29. The molecule has 0 saturated carbocycles. The van der Waals surface area contributed by atoms with Gasteiger partial charge in [-0.15, -0.1) is 0 Å². The Bertz CT molecular complexity index is 1340. The van der Waals surface area contributed by atoms with Crippen LogP contribution in [-0.2, 0) is 6.54 Å². The van der Waals surface area contributed by atoms with E-state index in [4.69, 9.17) is 4.74 Å². The number of fused-ring (bicyclic) bond motifs is 1. The summed E-state index contributed by atoms with van der Waals surface area (Å²) in [6.45, 7) is 2.98. The third-order valence-electron chi connectivity index (χ3n) is 6.02. The first-order chi connectivity index (χ1) is 16.1. The minimum Gasteiger partial charge on any atom is -0.496 e. The van der Waals surface area contributed by atoms with Gasteiger partial charge in [-0.25, -0.2) is 14.2 Å². The van der Waals surface area contributed by atoms with E-state index in [-0.39, 0.29) is 18.1 Å². The highest BCUT2D eigenvalue weighted by Gasteiger charge is 2.17. The maximum Gasteiger partial charge on any atom is 0.328 e. The second-order valence-corrected chi connectivity index (χ2v) is 8.19. The van der Waals surface area contributed by atoms with E-state index in [1.54, 1.807) is 48.2 Å². The second-order valence-electron chi connectivity index (χ2n) is 8.19. The smallest absolute Gasteiger partial charge is 0.328 e. The molecular formula is C24H25FN6O2. The van der Waals surface area contributed by atoms with Gasteiger partial charge in [-0.1, -0.05) is 24.3 Å². The molecule has 2 aromatic carbocycles. The van der Waals surface area contributed by atoms with Crippen LogP contribution in [0.2, 0.25) is 0 Å². The Morgan fingerprint density at radius 1 is 1.27 bits per heavy atom. The normalized spacial score (nSPS) is 15.8. The summed E-state index contributed by atoms with van der Waals surface area (Å²) >= 11 is 0. The third-order valence-corrected chi connectivity index (χ3v) is 6.02. The van der Waals surface area contributed by atoms with Gasteiger partial charge in [-0.3, -0.25) is 4.57 Å². The van der Waals surface area contributed by atoms with Crippen LogP contribution in [0.4, 0.5) is 10.3 Å². The monoisotopic (exact) mass is 448 g/mol. The van der Waals surface area contributed by atoms with Crippen molar-refractivity contribution in [2.24, 2.45) is 5.92 Å². The average molecular weight is 449 g/mol. The molecule has 8 nitrogen and oxygen atoms in total. The SMILES string of the molecule is COc1ccc(-c2ccccc2F)cc1Cn1c(=O)[nH]c2cnc(NC[C@@H]3CCNC3)nc21. The summed E-state index contributed by atoms with van der Waals surface area (Å²) in [4.78, 5) is 24.5. The van der Waals surface area contributed by atoms with Crippen LogP contribution in [0, 0.1) is 11.7 Å². The number of rotatable bonds is 7. The quantitative estimate of drug-likeness (QED) is 0.402. The highest BCUT2D eigenvalue weighted by atomic mass is 19.1. The van der Waals surface area contributed by atoms with E-state index in [0.717, 1.165) is 31.6 Å². The molecule has 1 aliphatic heterocycles. The third kappa shape index (κ3) is 4.31. The van der Waals surface area contributed by atoms with Crippen LogP contribution in [0.5, 0.6) is 5.75 Å². The van der Waals surface area contributed by atoms with Crippen LogP contribution < -0.4 is 21.1 Å². The highest BCUT2D eigenvalue weighted by molar-refractivity contribution is 5.71. The Hall–Kier alpha value is -3.72. The van der Waals surface area contributed by atoms with E-state index < -0.39 is 0 Å². The van der Waals surface area contributed by atoms with Crippen molar-refractivity contribution in [1.29, 1.82) is 0 Å². The maximum atomic E-state index is 14.3. The van der Waals surface area contributed by atoms with Crippen molar-refractivity contribution in [2.45, 2.75) is 13.0 Å². The average Bonchev–Trinajstić information content (AvgIpc) is 3.46. The van der Waals surface area contributed by atoms with Gasteiger partial charge in [0.1, 0.15) is 17.1 Å². The molecule has 4 aromatic rings. The van der Waals surface area contributed by atoms with E-state index in [2.05, 4.69) is 25.6 Å². The van der Waals surface area contributed by atoms with Crippen molar-refractivity contribution in [2.75, 3.05) is 32.1 Å². The predicted molar refractivity (Wildman–Crippen MR) is 125 cm³/mol. The first-order valence-corrected chi connectivity index (χ1v) is 10.9. The second kappa shape index (κ2) is 9.03. The molecule has 5 rings (SSSR count). The Morgan fingerprint density at radius 3 is 2.94 bits per heavy atom. The minimum absolute atomic E-state index is 0.216. The van der Waals surface area contributed by atoms with E-state index in [9.17, 15) is 9.18 Å². The Morgan fingerprint density at radius 2 is 2.15 bits per heavy atom. The van der Waals surface area contributed by atoms with E-state index in [0.29, 0.717) is 39.9 Å². The maximum absolute atomic E-state index is 14.3. The molecular weight excluding hydrogens is 423 g/mol. The largest absolute Gasteiger partial charge is 0.496 e. The van der Waals surface area contributed by atoms with Gasteiger partial charge in [0.05, 0.1) is 19.9 Å². The van der Waals surface area contributed by atoms with Gasteiger partial charge in [0.2, 0.25) is 5.95 Å². The molecule has 0 amide bonds. The molecule has 170 valence electrons. The summed E-state index contributed by atoms with van der Waals surface area (Å²) in [5.41, 5.74) is 2.70. The van der Waals surface area contributed by atoms with Gasteiger partial charge >= 0.3 is 5.69 Å². The molecule has 0 unspecified atom stereocenters. The lowest BCUT2D eigenvalue weighted by atomic mass is 10.0. The molecule has 1 atom stereocenters. The van der Waals surface area contributed by atoms with Crippen LogP contribution in [-0.4, -0.2) is 46.3 Å².